The van der Waals surface area contributed by atoms with Crippen molar-refractivity contribution < 1.29 is 14.4 Å². The third kappa shape index (κ3) is 2.18. The summed E-state index contributed by atoms with van der Waals surface area (Å²) in [5.74, 6) is 1.49. The van der Waals surface area contributed by atoms with Gasteiger partial charge >= 0.3 is 5.97 Å². The van der Waals surface area contributed by atoms with E-state index in [1.165, 1.54) is 0 Å². The highest BCUT2D eigenvalue weighted by Crippen LogP contribution is 2.63. The van der Waals surface area contributed by atoms with E-state index in [2.05, 4.69) is 17.1 Å². The van der Waals surface area contributed by atoms with Gasteiger partial charge in [-0.1, -0.05) is 25.9 Å². The van der Waals surface area contributed by atoms with E-state index >= 15 is 0 Å². The minimum absolute atomic E-state index is 0.145. The molecule has 0 aliphatic heterocycles. The molecule has 2 unspecified atom stereocenters. The second-order valence-electron chi connectivity index (χ2n) is 4.80. The van der Waals surface area contributed by atoms with Crippen LogP contribution in [-0.4, -0.2) is 27.0 Å². The van der Waals surface area contributed by atoms with Crippen LogP contribution in [0, 0.1) is 11.3 Å². The monoisotopic (exact) mass is 256 g/mol. The summed E-state index contributed by atoms with van der Waals surface area (Å²) in [5.41, 5.74) is -0.284. The zero-order chi connectivity index (χ0) is 12.6. The first kappa shape index (κ1) is 12.4. The van der Waals surface area contributed by atoms with Crippen molar-refractivity contribution in [1.82, 2.24) is 10.1 Å². The van der Waals surface area contributed by atoms with Crippen molar-refractivity contribution >= 4 is 17.7 Å². The number of rotatable bonds is 5. The minimum atomic E-state index is -0.789. The number of hydrogen-bond acceptors (Lipinski definition) is 5. The summed E-state index contributed by atoms with van der Waals surface area (Å²) in [6.45, 7) is 5.90. The van der Waals surface area contributed by atoms with Gasteiger partial charge in [0.15, 0.2) is 5.82 Å². The molecule has 1 N–H and O–H groups in total. The third-order valence-corrected chi connectivity index (χ3v) is 4.15. The highest BCUT2D eigenvalue weighted by molar-refractivity contribution is 7.98. The molecular formula is C11H16N2O3S. The Morgan fingerprint density at radius 2 is 2.29 bits per heavy atom. The molecular weight excluding hydrogens is 240 g/mol. The van der Waals surface area contributed by atoms with Crippen LogP contribution < -0.4 is 0 Å². The highest BCUT2D eigenvalue weighted by atomic mass is 32.2. The molecule has 1 aromatic rings. The predicted octanol–water partition coefficient (Wildman–Crippen LogP) is 2.15. The van der Waals surface area contributed by atoms with Crippen LogP contribution in [0.4, 0.5) is 0 Å². The number of aliphatic carboxylic acids is 1. The number of carbonyl (C=O) groups is 1. The molecule has 1 heterocycles. The van der Waals surface area contributed by atoms with Gasteiger partial charge in [-0.15, -0.1) is 0 Å². The van der Waals surface area contributed by atoms with E-state index in [0.29, 0.717) is 17.5 Å². The maximum absolute atomic E-state index is 11.0. The van der Waals surface area contributed by atoms with Crippen LogP contribution in [0.25, 0.3) is 0 Å². The van der Waals surface area contributed by atoms with Gasteiger partial charge in [0.25, 0.3) is 0 Å². The number of carboxylic acid groups (broad SMARTS) is 1. The number of thioether (sulfide) groups is 1. The summed E-state index contributed by atoms with van der Waals surface area (Å²) >= 11 is 1.71. The average Bonchev–Trinajstić information content (AvgIpc) is 2.63. The van der Waals surface area contributed by atoms with Crippen LogP contribution >= 0.6 is 11.8 Å². The molecule has 1 fully saturated rings. The van der Waals surface area contributed by atoms with Gasteiger partial charge in [0.2, 0.25) is 5.89 Å². The number of aromatic nitrogens is 2. The molecule has 94 valence electrons. The zero-order valence-electron chi connectivity index (χ0n) is 10.1. The first-order valence-corrected chi connectivity index (χ1v) is 6.77. The van der Waals surface area contributed by atoms with Crippen molar-refractivity contribution in [3.63, 3.8) is 0 Å². The Kier molecular flexibility index (Phi) is 3.16. The second-order valence-corrected chi connectivity index (χ2v) is 6.08. The predicted molar refractivity (Wildman–Crippen MR) is 63.8 cm³/mol. The van der Waals surface area contributed by atoms with E-state index in [4.69, 9.17) is 9.63 Å². The van der Waals surface area contributed by atoms with E-state index in [0.717, 1.165) is 5.75 Å². The summed E-state index contributed by atoms with van der Waals surface area (Å²) in [5, 5.41) is 12.9. The lowest BCUT2D eigenvalue weighted by Gasteiger charge is -1.96. The first-order valence-electron chi connectivity index (χ1n) is 5.61. The number of carboxylic acids is 1. The quantitative estimate of drug-likeness (QED) is 0.869. The van der Waals surface area contributed by atoms with E-state index in [1.54, 1.807) is 11.8 Å². The van der Waals surface area contributed by atoms with Gasteiger partial charge in [0.1, 0.15) is 0 Å². The molecule has 0 radical (unpaired) electrons. The van der Waals surface area contributed by atoms with Gasteiger partial charge in [0, 0.05) is 0 Å². The van der Waals surface area contributed by atoms with Crippen LogP contribution in [0.1, 0.15) is 38.4 Å². The molecule has 5 nitrogen and oxygen atoms in total. The van der Waals surface area contributed by atoms with Gasteiger partial charge in [-0.05, 0) is 11.2 Å². The van der Waals surface area contributed by atoms with Crippen LogP contribution in [0.2, 0.25) is 0 Å². The largest absolute Gasteiger partial charge is 0.481 e. The molecule has 0 bridgehead atoms. The lowest BCUT2D eigenvalue weighted by atomic mass is 10.1. The number of hydrogen-bond donors (Lipinski definition) is 1. The fourth-order valence-corrected chi connectivity index (χ4v) is 2.71. The molecule has 1 saturated carbocycles. The molecule has 0 amide bonds. The van der Waals surface area contributed by atoms with Crippen molar-refractivity contribution in [2.75, 3.05) is 5.75 Å². The molecule has 0 saturated heterocycles. The van der Waals surface area contributed by atoms with E-state index in [1.807, 2.05) is 13.8 Å². The van der Waals surface area contributed by atoms with Crippen molar-refractivity contribution in [2.24, 2.45) is 11.3 Å². The molecule has 1 aliphatic rings. The normalized spacial score (nSPS) is 25.8. The van der Waals surface area contributed by atoms with Gasteiger partial charge in [0.05, 0.1) is 17.6 Å². The Hall–Kier alpha value is -1.04. The molecule has 0 spiro atoms. The third-order valence-electron chi connectivity index (χ3n) is 3.28. The van der Waals surface area contributed by atoms with Crippen molar-refractivity contribution in [1.29, 1.82) is 0 Å². The molecule has 2 atom stereocenters. The number of nitrogens with zero attached hydrogens (tertiary/aromatic N) is 2. The fraction of sp³-hybridized carbons (Fsp3) is 0.727. The van der Waals surface area contributed by atoms with Gasteiger partial charge in [-0.3, -0.25) is 4.79 Å². The Morgan fingerprint density at radius 1 is 1.59 bits per heavy atom. The molecule has 2 rings (SSSR count). The van der Waals surface area contributed by atoms with Gasteiger partial charge < -0.3 is 9.63 Å². The van der Waals surface area contributed by atoms with Crippen LogP contribution in [0.3, 0.4) is 0 Å². The van der Waals surface area contributed by atoms with Gasteiger partial charge in [-0.2, -0.15) is 16.7 Å². The lowest BCUT2D eigenvalue weighted by molar-refractivity contribution is -0.139. The smallest absolute Gasteiger partial charge is 0.307 e. The summed E-state index contributed by atoms with van der Waals surface area (Å²) < 4.78 is 5.16. The van der Waals surface area contributed by atoms with Crippen LogP contribution in [-0.2, 0) is 10.5 Å². The maximum Gasteiger partial charge on any atom is 0.307 e. The molecule has 0 aromatic carbocycles. The lowest BCUT2D eigenvalue weighted by Crippen LogP contribution is -2.03. The van der Waals surface area contributed by atoms with Crippen LogP contribution in [0.5, 0.6) is 0 Å². The van der Waals surface area contributed by atoms with Crippen molar-refractivity contribution in [3.05, 3.63) is 11.7 Å². The van der Waals surface area contributed by atoms with Gasteiger partial charge in [-0.25, -0.2) is 0 Å². The SMILES string of the molecule is CCSCc1noc(C2C(C(=O)O)C2(C)C)n1. The minimum Gasteiger partial charge on any atom is -0.481 e. The summed E-state index contributed by atoms with van der Waals surface area (Å²) in [7, 11) is 0. The summed E-state index contributed by atoms with van der Waals surface area (Å²) in [6, 6.07) is 0. The Bertz CT molecular complexity index is 430. The molecule has 1 aromatic heterocycles. The summed E-state index contributed by atoms with van der Waals surface area (Å²) in [4.78, 5) is 15.3. The first-order chi connectivity index (χ1) is 7.98. The Labute approximate surface area is 104 Å². The van der Waals surface area contributed by atoms with Crippen molar-refractivity contribution in [3.8, 4) is 0 Å². The topological polar surface area (TPSA) is 76.2 Å². The average molecular weight is 256 g/mol. The maximum atomic E-state index is 11.0. The molecule has 17 heavy (non-hydrogen) atoms. The molecule has 6 heteroatoms. The van der Waals surface area contributed by atoms with E-state index < -0.39 is 11.9 Å². The standard InChI is InChI=1S/C11H16N2O3S/c1-4-17-5-6-12-9(16-13-6)7-8(10(14)15)11(7,2)3/h7-8H,4-5H2,1-3H3,(H,14,15). The van der Waals surface area contributed by atoms with Crippen LogP contribution in [0.15, 0.2) is 4.52 Å². The van der Waals surface area contributed by atoms with E-state index in [9.17, 15) is 4.79 Å². The highest BCUT2D eigenvalue weighted by Gasteiger charge is 2.65. The molecule has 1 aliphatic carbocycles. The Balaban J connectivity index is 2.09. The zero-order valence-corrected chi connectivity index (χ0v) is 11.0. The second kappa shape index (κ2) is 4.33. The van der Waals surface area contributed by atoms with Crippen molar-refractivity contribution in [2.45, 2.75) is 32.4 Å². The summed E-state index contributed by atoms with van der Waals surface area (Å²) in [6.07, 6.45) is 0. The fourth-order valence-electron chi connectivity index (χ4n) is 2.21. The Morgan fingerprint density at radius 3 is 2.82 bits per heavy atom. The van der Waals surface area contributed by atoms with E-state index in [-0.39, 0.29) is 11.3 Å².